The number of aromatic nitrogens is 1. The second-order valence-corrected chi connectivity index (χ2v) is 7.83. The number of nitrogens with one attached hydrogen (secondary N) is 1. The fourth-order valence-electron chi connectivity index (χ4n) is 2.74. The summed E-state index contributed by atoms with van der Waals surface area (Å²) < 4.78 is 1.33. The molecule has 0 aliphatic rings. The number of H-pyrrole nitrogens is 1. The van der Waals surface area contributed by atoms with Crippen LogP contribution in [0.1, 0.15) is 11.1 Å². The van der Waals surface area contributed by atoms with Gasteiger partial charge in [-0.3, -0.25) is 4.79 Å². The third-order valence-corrected chi connectivity index (χ3v) is 6.47. The lowest BCUT2D eigenvalue weighted by molar-refractivity contribution is 0.481. The number of hydrogen-bond donors (Lipinski definition) is 2. The van der Waals surface area contributed by atoms with E-state index in [1.54, 1.807) is 0 Å². The Hall–Kier alpha value is -2.75. The van der Waals surface area contributed by atoms with Gasteiger partial charge in [-0.1, -0.05) is 42.5 Å². The molecule has 2 heterocycles. The highest BCUT2D eigenvalue weighted by Crippen LogP contribution is 2.41. The Labute approximate surface area is 151 Å². The molecule has 0 aliphatic heterocycles. The Bertz CT molecular complexity index is 1200. The lowest BCUT2D eigenvalue weighted by Gasteiger charge is -2.03. The highest BCUT2D eigenvalue weighted by atomic mass is 32.2. The maximum Gasteiger partial charge on any atom is 0.252 e. The van der Waals surface area contributed by atoms with Crippen molar-refractivity contribution in [3.05, 3.63) is 70.0 Å². The summed E-state index contributed by atoms with van der Waals surface area (Å²) in [4.78, 5) is 14.2. The number of rotatable bonds is 3. The number of aromatic amines is 1. The zero-order chi connectivity index (χ0) is 17.4. The summed E-state index contributed by atoms with van der Waals surface area (Å²) in [5.74, 6) is 0.620. The summed E-state index contributed by atoms with van der Waals surface area (Å²) in [6.45, 7) is 0. The molecule has 0 aliphatic carbocycles. The van der Waals surface area contributed by atoms with Crippen molar-refractivity contribution < 1.29 is 5.11 Å². The fraction of sp³-hybridized carbons (Fsp3) is 0.0526. The van der Waals surface area contributed by atoms with Gasteiger partial charge in [-0.05, 0) is 16.3 Å². The Morgan fingerprint density at radius 3 is 2.76 bits per heavy atom. The van der Waals surface area contributed by atoms with Crippen LogP contribution in [0.25, 0.3) is 21.0 Å². The maximum absolute atomic E-state index is 11.6. The van der Waals surface area contributed by atoms with Crippen molar-refractivity contribution >= 4 is 44.1 Å². The molecule has 0 saturated carbocycles. The van der Waals surface area contributed by atoms with Crippen molar-refractivity contribution in [3.8, 4) is 11.8 Å². The zero-order valence-corrected chi connectivity index (χ0v) is 14.6. The lowest BCUT2D eigenvalue weighted by Crippen LogP contribution is -2.02. The van der Waals surface area contributed by atoms with E-state index in [2.05, 4.69) is 41.4 Å². The van der Waals surface area contributed by atoms with E-state index >= 15 is 0 Å². The van der Waals surface area contributed by atoms with Crippen LogP contribution in [0, 0.1) is 11.3 Å². The first-order valence-corrected chi connectivity index (χ1v) is 9.35. The van der Waals surface area contributed by atoms with Gasteiger partial charge in [0.2, 0.25) is 0 Å². The van der Waals surface area contributed by atoms with E-state index in [4.69, 9.17) is 0 Å². The molecule has 25 heavy (non-hydrogen) atoms. The molecule has 0 fully saturated rings. The SMILES string of the molecule is N#Cc1c(SCc2ccc3ccccc3c2)sc2c(O)cc(=O)[nH]c12. The summed E-state index contributed by atoms with van der Waals surface area (Å²) in [5, 5.41) is 21.8. The number of fused-ring (bicyclic) bond motifs is 2. The standard InChI is InChI=1S/C19H12N2O2S2/c20-9-14-17-18(15(22)8-16(23)21-17)25-19(14)24-10-11-5-6-12-3-1-2-4-13(12)7-11/h1-8H,10H2,(H2,21,22,23). The highest BCUT2D eigenvalue weighted by Gasteiger charge is 2.16. The molecule has 0 amide bonds. The van der Waals surface area contributed by atoms with Gasteiger partial charge in [-0.15, -0.1) is 23.1 Å². The van der Waals surface area contributed by atoms with Gasteiger partial charge in [0.25, 0.3) is 5.56 Å². The smallest absolute Gasteiger partial charge is 0.252 e. The number of benzene rings is 2. The van der Waals surface area contributed by atoms with E-state index in [1.807, 2.05) is 12.1 Å². The van der Waals surface area contributed by atoms with Crippen LogP contribution in [0.4, 0.5) is 0 Å². The van der Waals surface area contributed by atoms with Gasteiger partial charge in [0.05, 0.1) is 14.4 Å². The molecule has 4 rings (SSSR count). The van der Waals surface area contributed by atoms with Crippen molar-refractivity contribution in [2.75, 3.05) is 0 Å². The number of aromatic hydroxyl groups is 1. The summed E-state index contributed by atoms with van der Waals surface area (Å²) in [5.41, 5.74) is 1.57. The van der Waals surface area contributed by atoms with Gasteiger partial charge < -0.3 is 10.1 Å². The minimum Gasteiger partial charge on any atom is -0.506 e. The van der Waals surface area contributed by atoms with E-state index in [-0.39, 0.29) is 5.75 Å². The molecule has 0 saturated heterocycles. The van der Waals surface area contributed by atoms with E-state index < -0.39 is 5.56 Å². The minimum atomic E-state index is -0.412. The van der Waals surface area contributed by atoms with Crippen molar-refractivity contribution in [2.45, 2.75) is 9.96 Å². The van der Waals surface area contributed by atoms with Gasteiger partial charge in [-0.2, -0.15) is 5.26 Å². The van der Waals surface area contributed by atoms with E-state index in [0.717, 1.165) is 15.8 Å². The van der Waals surface area contributed by atoms with E-state index in [0.29, 0.717) is 21.5 Å². The summed E-state index contributed by atoms with van der Waals surface area (Å²) in [6.07, 6.45) is 0. The lowest BCUT2D eigenvalue weighted by atomic mass is 10.1. The third kappa shape index (κ3) is 2.88. The average Bonchev–Trinajstić information content (AvgIpc) is 2.97. The van der Waals surface area contributed by atoms with Crippen LogP contribution in [0.2, 0.25) is 0 Å². The predicted octanol–water partition coefficient (Wildman–Crippen LogP) is 4.61. The Morgan fingerprint density at radius 1 is 1.16 bits per heavy atom. The van der Waals surface area contributed by atoms with Gasteiger partial charge in [0.15, 0.2) is 0 Å². The molecule has 0 bridgehead atoms. The molecule has 4 aromatic rings. The van der Waals surface area contributed by atoms with Crippen molar-refractivity contribution in [3.63, 3.8) is 0 Å². The van der Waals surface area contributed by atoms with Gasteiger partial charge in [0.1, 0.15) is 17.4 Å². The average molecular weight is 364 g/mol. The molecule has 0 unspecified atom stereocenters. The topological polar surface area (TPSA) is 76.9 Å². The van der Waals surface area contributed by atoms with Gasteiger partial charge in [-0.25, -0.2) is 0 Å². The van der Waals surface area contributed by atoms with Crippen LogP contribution >= 0.6 is 23.1 Å². The number of pyridine rings is 1. The molecule has 2 N–H and O–H groups in total. The second-order valence-electron chi connectivity index (χ2n) is 5.57. The first-order valence-electron chi connectivity index (χ1n) is 7.55. The number of thiophene rings is 1. The van der Waals surface area contributed by atoms with Crippen molar-refractivity contribution in [1.29, 1.82) is 5.26 Å². The highest BCUT2D eigenvalue weighted by molar-refractivity contribution is 8.00. The van der Waals surface area contributed by atoms with E-state index in [9.17, 15) is 15.2 Å². The number of thioether (sulfide) groups is 1. The minimum absolute atomic E-state index is 0.0854. The molecule has 4 nitrogen and oxygen atoms in total. The molecule has 6 heteroatoms. The number of hydrogen-bond acceptors (Lipinski definition) is 5. The van der Waals surface area contributed by atoms with Crippen LogP contribution < -0.4 is 5.56 Å². The van der Waals surface area contributed by atoms with Crippen molar-refractivity contribution in [1.82, 2.24) is 4.98 Å². The largest absolute Gasteiger partial charge is 0.506 e. The van der Waals surface area contributed by atoms with Gasteiger partial charge in [0, 0.05) is 11.8 Å². The first-order chi connectivity index (χ1) is 12.2. The summed E-state index contributed by atoms with van der Waals surface area (Å²) in [7, 11) is 0. The summed E-state index contributed by atoms with van der Waals surface area (Å²) in [6, 6.07) is 17.8. The van der Waals surface area contributed by atoms with Crippen LogP contribution in [-0.2, 0) is 5.75 Å². The Morgan fingerprint density at radius 2 is 1.96 bits per heavy atom. The third-order valence-electron chi connectivity index (χ3n) is 3.92. The monoisotopic (exact) mass is 364 g/mol. The first kappa shape index (κ1) is 15.8. The van der Waals surface area contributed by atoms with Crippen molar-refractivity contribution in [2.24, 2.45) is 0 Å². The maximum atomic E-state index is 11.6. The number of nitrogens with zero attached hydrogens (tertiary/aromatic N) is 1. The number of nitriles is 1. The predicted molar refractivity (Wildman–Crippen MR) is 102 cm³/mol. The normalized spacial score (nSPS) is 11.0. The molecule has 0 atom stereocenters. The van der Waals surface area contributed by atoms with Crippen LogP contribution in [0.3, 0.4) is 0 Å². The van der Waals surface area contributed by atoms with E-state index in [1.165, 1.54) is 33.9 Å². The quantitative estimate of drug-likeness (QED) is 0.520. The molecule has 0 radical (unpaired) electrons. The van der Waals surface area contributed by atoms with Crippen LogP contribution in [-0.4, -0.2) is 10.1 Å². The molecule has 122 valence electrons. The molecular weight excluding hydrogens is 352 g/mol. The molecule has 2 aromatic carbocycles. The van der Waals surface area contributed by atoms with Crippen LogP contribution in [0.15, 0.2) is 57.5 Å². The molecular formula is C19H12N2O2S2. The molecule has 0 spiro atoms. The van der Waals surface area contributed by atoms with Crippen LogP contribution in [0.5, 0.6) is 5.75 Å². The second kappa shape index (κ2) is 6.28. The Balaban J connectivity index is 1.69. The van der Waals surface area contributed by atoms with Gasteiger partial charge >= 0.3 is 0 Å². The summed E-state index contributed by atoms with van der Waals surface area (Å²) >= 11 is 2.86. The molecule has 2 aromatic heterocycles. The zero-order valence-electron chi connectivity index (χ0n) is 12.9. The fourth-order valence-corrected chi connectivity index (χ4v) is 5.03. The Kier molecular flexibility index (Phi) is 3.96.